The van der Waals surface area contributed by atoms with Crippen LogP contribution >= 0.6 is 0 Å². The van der Waals surface area contributed by atoms with E-state index in [-0.39, 0.29) is 0 Å². The number of anilines is 1. The number of benzene rings is 1. The van der Waals surface area contributed by atoms with Gasteiger partial charge in [0.05, 0.1) is 11.0 Å². The molecule has 4 nitrogen and oxygen atoms in total. The number of nitrogens with two attached hydrogens (primary N) is 2. The summed E-state index contributed by atoms with van der Waals surface area (Å²) in [5.74, 6) is 6.57. The van der Waals surface area contributed by atoms with Crippen molar-refractivity contribution in [3.05, 3.63) is 23.5 Å². The van der Waals surface area contributed by atoms with Crippen molar-refractivity contribution in [1.82, 2.24) is 9.66 Å². The van der Waals surface area contributed by atoms with Gasteiger partial charge in [0, 0.05) is 5.69 Å². The molecule has 0 bridgehead atoms. The van der Waals surface area contributed by atoms with Gasteiger partial charge in [-0.2, -0.15) is 0 Å². The van der Waals surface area contributed by atoms with Gasteiger partial charge < -0.3 is 11.6 Å². The van der Waals surface area contributed by atoms with E-state index in [9.17, 15) is 0 Å². The standard InChI is InChI=1S/C9H12N4/c1-5-3-7(10)4-8-9(5)12-6(2)13(8)11/h3-4H,10-11H2,1-2H3. The highest BCUT2D eigenvalue weighted by atomic mass is 15.3. The van der Waals surface area contributed by atoms with Crippen LogP contribution in [0.15, 0.2) is 12.1 Å². The monoisotopic (exact) mass is 176 g/mol. The number of aromatic nitrogens is 2. The SMILES string of the molecule is Cc1cc(N)cc2c1nc(C)n2N. The Hall–Kier alpha value is -1.71. The van der Waals surface area contributed by atoms with Gasteiger partial charge in [-0.15, -0.1) is 0 Å². The van der Waals surface area contributed by atoms with Crippen LogP contribution in [0.2, 0.25) is 0 Å². The van der Waals surface area contributed by atoms with Crippen LogP contribution in [0, 0.1) is 13.8 Å². The lowest BCUT2D eigenvalue weighted by atomic mass is 10.2. The molecule has 2 aromatic rings. The lowest BCUT2D eigenvalue weighted by Crippen LogP contribution is -2.09. The predicted molar refractivity (Wildman–Crippen MR) is 53.8 cm³/mol. The van der Waals surface area contributed by atoms with E-state index in [1.165, 1.54) is 0 Å². The fraction of sp³-hybridized carbons (Fsp3) is 0.222. The van der Waals surface area contributed by atoms with Crippen LogP contribution in [0.5, 0.6) is 0 Å². The maximum absolute atomic E-state index is 5.77. The minimum atomic E-state index is 0.719. The van der Waals surface area contributed by atoms with Crippen molar-refractivity contribution in [1.29, 1.82) is 0 Å². The highest BCUT2D eigenvalue weighted by molar-refractivity contribution is 5.83. The zero-order valence-electron chi connectivity index (χ0n) is 7.70. The molecule has 68 valence electrons. The number of hydrogen-bond acceptors (Lipinski definition) is 3. The molecule has 0 radical (unpaired) electrons. The normalized spacial score (nSPS) is 10.9. The number of hydrogen-bond donors (Lipinski definition) is 2. The summed E-state index contributed by atoms with van der Waals surface area (Å²) < 4.78 is 1.55. The Morgan fingerprint density at radius 2 is 2.00 bits per heavy atom. The summed E-state index contributed by atoms with van der Waals surface area (Å²) in [4.78, 5) is 4.34. The van der Waals surface area contributed by atoms with Crippen molar-refractivity contribution < 1.29 is 0 Å². The molecule has 0 aliphatic rings. The van der Waals surface area contributed by atoms with Crippen LogP contribution < -0.4 is 11.6 Å². The fourth-order valence-electron chi connectivity index (χ4n) is 1.51. The highest BCUT2D eigenvalue weighted by Crippen LogP contribution is 2.20. The summed E-state index contributed by atoms with van der Waals surface area (Å²) in [5, 5.41) is 0. The van der Waals surface area contributed by atoms with Crippen molar-refractivity contribution in [2.24, 2.45) is 0 Å². The topological polar surface area (TPSA) is 69.9 Å². The molecule has 0 saturated carbocycles. The summed E-state index contributed by atoms with van der Waals surface area (Å²) in [5.41, 5.74) is 9.29. The minimum absolute atomic E-state index is 0.719. The number of nitrogens with zero attached hydrogens (tertiary/aromatic N) is 2. The van der Waals surface area contributed by atoms with Crippen LogP contribution in [0.3, 0.4) is 0 Å². The fourth-order valence-corrected chi connectivity index (χ4v) is 1.51. The molecule has 4 heteroatoms. The molecule has 0 unspecified atom stereocenters. The van der Waals surface area contributed by atoms with E-state index in [0.29, 0.717) is 0 Å². The molecule has 13 heavy (non-hydrogen) atoms. The number of imidazole rings is 1. The van der Waals surface area contributed by atoms with Gasteiger partial charge in [0.15, 0.2) is 0 Å². The Bertz CT molecular complexity index is 470. The molecular formula is C9H12N4. The first kappa shape index (κ1) is 7.91. The minimum Gasteiger partial charge on any atom is -0.399 e. The highest BCUT2D eigenvalue weighted by Gasteiger charge is 2.07. The maximum Gasteiger partial charge on any atom is 0.125 e. The second kappa shape index (κ2) is 2.39. The zero-order chi connectivity index (χ0) is 9.59. The predicted octanol–water partition coefficient (Wildman–Crippen LogP) is 0.949. The Balaban J connectivity index is 2.94. The van der Waals surface area contributed by atoms with Crippen LogP contribution in [-0.2, 0) is 0 Å². The Morgan fingerprint density at radius 3 is 2.69 bits per heavy atom. The summed E-state index contributed by atoms with van der Waals surface area (Å²) >= 11 is 0. The molecule has 0 spiro atoms. The van der Waals surface area contributed by atoms with Crippen molar-refractivity contribution in [3.8, 4) is 0 Å². The molecule has 2 rings (SSSR count). The van der Waals surface area contributed by atoms with Crippen LogP contribution in [0.1, 0.15) is 11.4 Å². The summed E-state index contributed by atoms with van der Waals surface area (Å²) in [7, 11) is 0. The second-order valence-corrected chi connectivity index (χ2v) is 3.23. The van der Waals surface area contributed by atoms with Crippen molar-refractivity contribution in [2.45, 2.75) is 13.8 Å². The van der Waals surface area contributed by atoms with E-state index in [2.05, 4.69) is 4.98 Å². The van der Waals surface area contributed by atoms with Crippen LogP contribution in [0.4, 0.5) is 5.69 Å². The number of fused-ring (bicyclic) bond motifs is 1. The molecule has 1 aromatic heterocycles. The van der Waals surface area contributed by atoms with Crippen LogP contribution in [0.25, 0.3) is 11.0 Å². The van der Waals surface area contributed by atoms with E-state index >= 15 is 0 Å². The van der Waals surface area contributed by atoms with Crippen molar-refractivity contribution in [3.63, 3.8) is 0 Å². The maximum atomic E-state index is 5.77. The van der Waals surface area contributed by atoms with Gasteiger partial charge in [0.2, 0.25) is 0 Å². The molecule has 1 aromatic carbocycles. The molecular weight excluding hydrogens is 164 g/mol. The van der Waals surface area contributed by atoms with E-state index in [1.54, 1.807) is 4.68 Å². The summed E-state index contributed by atoms with van der Waals surface area (Å²) in [6.07, 6.45) is 0. The van der Waals surface area contributed by atoms with Gasteiger partial charge in [0.1, 0.15) is 5.82 Å². The Labute approximate surface area is 76.1 Å². The smallest absolute Gasteiger partial charge is 0.125 e. The summed E-state index contributed by atoms with van der Waals surface area (Å²) in [6, 6.07) is 3.73. The number of rotatable bonds is 0. The van der Waals surface area contributed by atoms with E-state index < -0.39 is 0 Å². The average Bonchev–Trinajstić information content (AvgIpc) is 2.32. The quantitative estimate of drug-likeness (QED) is 0.463. The average molecular weight is 176 g/mol. The summed E-state index contributed by atoms with van der Waals surface area (Å²) in [6.45, 7) is 3.85. The molecule has 0 fully saturated rings. The second-order valence-electron chi connectivity index (χ2n) is 3.23. The Kier molecular flexibility index (Phi) is 1.45. The first-order valence-electron chi connectivity index (χ1n) is 4.10. The third-order valence-corrected chi connectivity index (χ3v) is 2.18. The molecule has 4 N–H and O–H groups in total. The Morgan fingerprint density at radius 1 is 1.31 bits per heavy atom. The lowest BCUT2D eigenvalue weighted by Gasteiger charge is -1.99. The number of aryl methyl sites for hydroxylation is 2. The largest absolute Gasteiger partial charge is 0.399 e. The third kappa shape index (κ3) is 1.02. The third-order valence-electron chi connectivity index (χ3n) is 2.18. The van der Waals surface area contributed by atoms with Gasteiger partial charge in [-0.3, -0.25) is 0 Å². The number of nitrogen functional groups attached to an aromatic ring is 2. The van der Waals surface area contributed by atoms with Gasteiger partial charge >= 0.3 is 0 Å². The van der Waals surface area contributed by atoms with Gasteiger partial charge in [-0.25, -0.2) is 9.66 Å². The van der Waals surface area contributed by atoms with Gasteiger partial charge in [-0.05, 0) is 31.5 Å². The molecule has 0 saturated heterocycles. The van der Waals surface area contributed by atoms with Crippen molar-refractivity contribution in [2.75, 3.05) is 11.6 Å². The van der Waals surface area contributed by atoms with Gasteiger partial charge in [-0.1, -0.05) is 0 Å². The first-order valence-corrected chi connectivity index (χ1v) is 4.10. The van der Waals surface area contributed by atoms with Crippen LogP contribution in [-0.4, -0.2) is 9.66 Å². The first-order chi connectivity index (χ1) is 6.09. The molecule has 0 aliphatic carbocycles. The molecule has 0 atom stereocenters. The molecule has 0 aliphatic heterocycles. The van der Waals surface area contributed by atoms with Crippen molar-refractivity contribution >= 4 is 16.7 Å². The molecule has 1 heterocycles. The van der Waals surface area contributed by atoms with Gasteiger partial charge in [0.25, 0.3) is 0 Å². The lowest BCUT2D eigenvalue weighted by molar-refractivity contribution is 0.956. The van der Waals surface area contributed by atoms with E-state index in [1.807, 2.05) is 26.0 Å². The molecule has 0 amide bonds. The van der Waals surface area contributed by atoms with E-state index in [4.69, 9.17) is 11.6 Å². The van der Waals surface area contributed by atoms with E-state index in [0.717, 1.165) is 28.1 Å². The zero-order valence-corrected chi connectivity index (χ0v) is 7.70.